The minimum absolute atomic E-state index is 0.0133. The van der Waals surface area contributed by atoms with Gasteiger partial charge in [0, 0.05) is 49.7 Å². The molecule has 1 N–H and O–H groups in total. The fourth-order valence-corrected chi connectivity index (χ4v) is 4.36. The van der Waals surface area contributed by atoms with Crippen LogP contribution in [-0.4, -0.2) is 72.8 Å². The number of nitrogens with one attached hydrogen (secondary N) is 1. The molecule has 2 heterocycles. The average molecular weight is 449 g/mol. The molecule has 3 amide bonds. The van der Waals surface area contributed by atoms with Gasteiger partial charge in [0.25, 0.3) is 0 Å². The first-order valence-electron chi connectivity index (χ1n) is 9.86. The molecule has 1 aromatic rings. The number of piperazine rings is 1. The first-order valence-corrected chi connectivity index (χ1v) is 10.7. The van der Waals surface area contributed by atoms with Crippen LogP contribution in [0.4, 0.5) is 5.69 Å². The first-order chi connectivity index (χ1) is 13.5. The number of hydrogen-bond acceptors (Lipinski definition) is 4. The maximum atomic E-state index is 12.9. The van der Waals surface area contributed by atoms with Crippen LogP contribution in [0.2, 0.25) is 0 Å². The zero-order valence-corrected chi connectivity index (χ0v) is 17.4. The van der Waals surface area contributed by atoms with Crippen LogP contribution in [0.1, 0.15) is 19.3 Å². The Morgan fingerprint density at radius 1 is 1.11 bits per heavy atom. The van der Waals surface area contributed by atoms with Crippen LogP contribution in [0.25, 0.3) is 0 Å². The number of hydrogen-bond donors (Lipinski definition) is 1. The standard InChI is InChI=1S/C20H25BrN4O3/c21-16-3-1-2-4-17(16)25-12-14(11-19(25)27)20(28)24-9-7-23(8-10-24)13-18(26)22-15-5-6-15/h1-4,14-15H,5-13H2,(H,22,26). The number of amides is 3. The zero-order chi connectivity index (χ0) is 19.7. The molecule has 28 heavy (non-hydrogen) atoms. The molecule has 0 radical (unpaired) electrons. The summed E-state index contributed by atoms with van der Waals surface area (Å²) in [5, 5.41) is 3.00. The summed E-state index contributed by atoms with van der Waals surface area (Å²) in [6, 6.07) is 7.96. The Morgan fingerprint density at radius 2 is 1.82 bits per heavy atom. The zero-order valence-electron chi connectivity index (χ0n) is 15.8. The second kappa shape index (κ2) is 8.21. The van der Waals surface area contributed by atoms with E-state index in [-0.39, 0.29) is 30.1 Å². The summed E-state index contributed by atoms with van der Waals surface area (Å²) in [5.74, 6) is -0.192. The second-order valence-corrected chi connectivity index (χ2v) is 8.65. The SMILES string of the molecule is O=C(CN1CCN(C(=O)C2CC(=O)N(c3ccccc3Br)C2)CC1)NC1CC1. The van der Waals surface area contributed by atoms with Gasteiger partial charge in [-0.1, -0.05) is 12.1 Å². The minimum Gasteiger partial charge on any atom is -0.352 e. The molecule has 3 fully saturated rings. The molecule has 1 unspecified atom stereocenters. The van der Waals surface area contributed by atoms with Gasteiger partial charge in [-0.15, -0.1) is 0 Å². The van der Waals surface area contributed by atoms with Crippen molar-refractivity contribution in [3.8, 4) is 0 Å². The summed E-state index contributed by atoms with van der Waals surface area (Å²) < 4.78 is 0.856. The third-order valence-electron chi connectivity index (χ3n) is 5.61. The molecule has 4 rings (SSSR count). The molecule has 1 saturated carbocycles. The molecule has 0 spiro atoms. The topological polar surface area (TPSA) is 73.0 Å². The lowest BCUT2D eigenvalue weighted by Gasteiger charge is -2.35. The number of carbonyl (C=O) groups excluding carboxylic acids is 3. The maximum absolute atomic E-state index is 12.9. The smallest absolute Gasteiger partial charge is 0.234 e. The molecule has 8 heteroatoms. The summed E-state index contributed by atoms with van der Waals surface area (Å²) in [4.78, 5) is 43.0. The van der Waals surface area contributed by atoms with Gasteiger partial charge in [-0.05, 0) is 40.9 Å². The van der Waals surface area contributed by atoms with E-state index in [0.29, 0.717) is 45.3 Å². The van der Waals surface area contributed by atoms with E-state index in [9.17, 15) is 14.4 Å². The van der Waals surface area contributed by atoms with Crippen molar-refractivity contribution in [3.63, 3.8) is 0 Å². The van der Waals surface area contributed by atoms with Crippen molar-refractivity contribution in [1.82, 2.24) is 15.1 Å². The summed E-state index contributed by atoms with van der Waals surface area (Å²) in [6.45, 7) is 3.42. The largest absolute Gasteiger partial charge is 0.352 e. The van der Waals surface area contributed by atoms with Gasteiger partial charge in [0.1, 0.15) is 0 Å². The van der Waals surface area contributed by atoms with Gasteiger partial charge in [0.2, 0.25) is 17.7 Å². The van der Waals surface area contributed by atoms with Crippen LogP contribution in [0.5, 0.6) is 0 Å². The highest BCUT2D eigenvalue weighted by molar-refractivity contribution is 9.10. The van der Waals surface area contributed by atoms with Crippen molar-refractivity contribution in [3.05, 3.63) is 28.7 Å². The maximum Gasteiger partial charge on any atom is 0.234 e. The molecule has 0 aromatic heterocycles. The van der Waals surface area contributed by atoms with Crippen molar-refractivity contribution in [1.29, 1.82) is 0 Å². The van der Waals surface area contributed by atoms with Crippen molar-refractivity contribution < 1.29 is 14.4 Å². The highest BCUT2D eigenvalue weighted by Gasteiger charge is 2.38. The Hall–Kier alpha value is -1.93. The number of benzene rings is 1. The van der Waals surface area contributed by atoms with E-state index in [0.717, 1.165) is 23.0 Å². The lowest BCUT2D eigenvalue weighted by Crippen LogP contribution is -2.52. The summed E-state index contributed by atoms with van der Waals surface area (Å²) in [7, 11) is 0. The quantitative estimate of drug-likeness (QED) is 0.734. The number of halogens is 1. The van der Waals surface area contributed by atoms with Gasteiger partial charge in [-0.25, -0.2) is 0 Å². The molecule has 2 aliphatic heterocycles. The molecular formula is C20H25BrN4O3. The molecule has 1 aromatic carbocycles. The fraction of sp³-hybridized carbons (Fsp3) is 0.550. The summed E-state index contributed by atoms with van der Waals surface area (Å²) in [6.07, 6.45) is 2.43. The van der Waals surface area contributed by atoms with E-state index in [1.54, 1.807) is 4.90 Å². The molecule has 1 aliphatic carbocycles. The van der Waals surface area contributed by atoms with Crippen LogP contribution in [0.15, 0.2) is 28.7 Å². The van der Waals surface area contributed by atoms with Crippen LogP contribution < -0.4 is 10.2 Å². The number of para-hydroxylation sites is 1. The molecular weight excluding hydrogens is 424 g/mol. The van der Waals surface area contributed by atoms with Gasteiger partial charge in [0.05, 0.1) is 18.2 Å². The first kappa shape index (κ1) is 19.4. The van der Waals surface area contributed by atoms with Crippen molar-refractivity contribution in [2.45, 2.75) is 25.3 Å². The van der Waals surface area contributed by atoms with E-state index in [1.165, 1.54) is 0 Å². The van der Waals surface area contributed by atoms with Gasteiger partial charge in [0.15, 0.2) is 0 Å². The van der Waals surface area contributed by atoms with E-state index < -0.39 is 0 Å². The Bertz CT molecular complexity index is 774. The van der Waals surface area contributed by atoms with Crippen molar-refractivity contribution in [2.24, 2.45) is 5.92 Å². The van der Waals surface area contributed by atoms with Gasteiger partial charge >= 0.3 is 0 Å². The number of nitrogens with zero attached hydrogens (tertiary/aromatic N) is 3. The van der Waals surface area contributed by atoms with E-state index in [2.05, 4.69) is 26.1 Å². The monoisotopic (exact) mass is 448 g/mol. The normalized spacial score (nSPS) is 23.2. The van der Waals surface area contributed by atoms with Crippen molar-refractivity contribution in [2.75, 3.05) is 44.2 Å². The molecule has 2 saturated heterocycles. The van der Waals surface area contributed by atoms with E-state index >= 15 is 0 Å². The molecule has 7 nitrogen and oxygen atoms in total. The second-order valence-electron chi connectivity index (χ2n) is 7.80. The Labute approximate surface area is 173 Å². The molecule has 0 bridgehead atoms. The summed E-state index contributed by atoms with van der Waals surface area (Å²) in [5.41, 5.74) is 0.814. The van der Waals surface area contributed by atoms with Crippen LogP contribution >= 0.6 is 15.9 Å². The lowest BCUT2D eigenvalue weighted by atomic mass is 10.1. The average Bonchev–Trinajstić information content (AvgIpc) is 3.41. The Balaban J connectivity index is 1.29. The van der Waals surface area contributed by atoms with Crippen LogP contribution in [-0.2, 0) is 14.4 Å². The third kappa shape index (κ3) is 4.38. The van der Waals surface area contributed by atoms with Gasteiger partial charge in [-0.3, -0.25) is 19.3 Å². The summed E-state index contributed by atoms with van der Waals surface area (Å²) >= 11 is 3.48. The van der Waals surface area contributed by atoms with E-state index in [1.807, 2.05) is 29.2 Å². The van der Waals surface area contributed by atoms with Crippen LogP contribution in [0, 0.1) is 5.92 Å². The Kier molecular flexibility index (Phi) is 5.68. The predicted octanol–water partition coefficient (Wildman–Crippen LogP) is 1.22. The molecule has 3 aliphatic rings. The minimum atomic E-state index is -0.302. The predicted molar refractivity (Wildman–Crippen MR) is 109 cm³/mol. The molecule has 1 atom stereocenters. The highest BCUT2D eigenvalue weighted by atomic mass is 79.9. The number of rotatable bonds is 5. The fourth-order valence-electron chi connectivity index (χ4n) is 3.87. The third-order valence-corrected chi connectivity index (χ3v) is 6.28. The number of anilines is 1. The van der Waals surface area contributed by atoms with E-state index in [4.69, 9.17) is 0 Å². The lowest BCUT2D eigenvalue weighted by molar-refractivity contribution is -0.137. The Morgan fingerprint density at radius 3 is 2.50 bits per heavy atom. The van der Waals surface area contributed by atoms with Crippen molar-refractivity contribution >= 4 is 39.3 Å². The highest BCUT2D eigenvalue weighted by Crippen LogP contribution is 2.32. The van der Waals surface area contributed by atoms with Gasteiger partial charge in [-0.2, -0.15) is 0 Å². The van der Waals surface area contributed by atoms with Crippen LogP contribution in [0.3, 0.4) is 0 Å². The number of carbonyl (C=O) groups is 3. The van der Waals surface area contributed by atoms with Gasteiger partial charge < -0.3 is 15.1 Å². The molecule has 150 valence electrons.